The summed E-state index contributed by atoms with van der Waals surface area (Å²) in [6, 6.07) is 0. The fourth-order valence-corrected chi connectivity index (χ4v) is 1.81. The maximum Gasteiger partial charge on any atom is 0.416 e. The van der Waals surface area contributed by atoms with Crippen molar-refractivity contribution in [3.05, 3.63) is 23.7 Å². The lowest BCUT2D eigenvalue weighted by molar-refractivity contribution is -0.135. The van der Waals surface area contributed by atoms with Crippen LogP contribution < -0.4 is 4.90 Å². The van der Waals surface area contributed by atoms with E-state index in [0.29, 0.717) is 5.13 Å². The number of amides is 1. The summed E-state index contributed by atoms with van der Waals surface area (Å²) in [6.07, 6.45) is 0.658. The van der Waals surface area contributed by atoms with E-state index in [1.165, 1.54) is 17.4 Å². The lowest BCUT2D eigenvalue weighted by atomic mass is 10.5. The highest BCUT2D eigenvalue weighted by atomic mass is 32.1. The molecule has 0 spiro atoms. The van der Waals surface area contributed by atoms with Gasteiger partial charge in [-0.05, 0) is 6.92 Å². The molecule has 1 aromatic heterocycles. The summed E-state index contributed by atoms with van der Waals surface area (Å²) in [4.78, 5) is 27.3. The SMILES string of the molecule is C=CCOC(=O)N(CC(=O)O)c1nc(C)cs1. The van der Waals surface area contributed by atoms with E-state index in [9.17, 15) is 9.59 Å². The highest BCUT2D eigenvalue weighted by molar-refractivity contribution is 7.14. The number of ether oxygens (including phenoxy) is 1. The smallest absolute Gasteiger partial charge is 0.416 e. The van der Waals surface area contributed by atoms with Crippen molar-refractivity contribution >= 4 is 28.5 Å². The standard InChI is InChI=1S/C10H12N2O4S/c1-3-4-16-10(15)12(5-8(13)14)9-11-7(2)6-17-9/h3,6H,1,4-5H2,2H3,(H,13,14). The normalized spacial score (nSPS) is 9.71. The van der Waals surface area contributed by atoms with Crippen LogP contribution in [-0.4, -0.2) is 35.3 Å². The van der Waals surface area contributed by atoms with E-state index in [1.807, 2.05) is 0 Å². The van der Waals surface area contributed by atoms with Crippen LogP contribution in [0.5, 0.6) is 0 Å². The van der Waals surface area contributed by atoms with Gasteiger partial charge in [0.2, 0.25) is 0 Å². The monoisotopic (exact) mass is 256 g/mol. The summed E-state index contributed by atoms with van der Waals surface area (Å²) in [5, 5.41) is 10.8. The molecule has 1 aromatic rings. The highest BCUT2D eigenvalue weighted by Crippen LogP contribution is 2.20. The number of carboxylic acids is 1. The van der Waals surface area contributed by atoms with Gasteiger partial charge in [0, 0.05) is 5.38 Å². The molecule has 0 unspecified atom stereocenters. The van der Waals surface area contributed by atoms with E-state index >= 15 is 0 Å². The van der Waals surface area contributed by atoms with Crippen LogP contribution in [0.15, 0.2) is 18.0 Å². The van der Waals surface area contributed by atoms with Gasteiger partial charge in [-0.15, -0.1) is 11.3 Å². The molecule has 0 saturated heterocycles. The Kier molecular flexibility index (Phi) is 4.65. The zero-order valence-electron chi connectivity index (χ0n) is 9.25. The zero-order valence-corrected chi connectivity index (χ0v) is 10.1. The summed E-state index contributed by atoms with van der Waals surface area (Å²) in [5.41, 5.74) is 0.719. The van der Waals surface area contributed by atoms with Crippen molar-refractivity contribution in [3.63, 3.8) is 0 Å². The predicted molar refractivity (Wildman–Crippen MR) is 63.4 cm³/mol. The molecule has 0 radical (unpaired) electrons. The summed E-state index contributed by atoms with van der Waals surface area (Å²) >= 11 is 1.19. The Balaban J connectivity index is 2.83. The van der Waals surface area contributed by atoms with Crippen molar-refractivity contribution in [2.45, 2.75) is 6.92 Å². The van der Waals surface area contributed by atoms with Gasteiger partial charge in [0.1, 0.15) is 13.2 Å². The van der Waals surface area contributed by atoms with E-state index in [1.54, 1.807) is 12.3 Å². The van der Waals surface area contributed by atoms with Crippen LogP contribution in [-0.2, 0) is 9.53 Å². The second kappa shape index (κ2) is 6.00. The minimum atomic E-state index is -1.13. The van der Waals surface area contributed by atoms with Gasteiger partial charge in [-0.3, -0.25) is 4.79 Å². The molecule has 1 amide bonds. The zero-order chi connectivity index (χ0) is 12.8. The Morgan fingerprint density at radius 3 is 2.88 bits per heavy atom. The van der Waals surface area contributed by atoms with E-state index in [0.717, 1.165) is 10.6 Å². The van der Waals surface area contributed by atoms with Gasteiger partial charge in [-0.1, -0.05) is 12.7 Å². The second-order valence-corrected chi connectivity index (χ2v) is 3.95. The average Bonchev–Trinajstić information content (AvgIpc) is 2.69. The van der Waals surface area contributed by atoms with Crippen LogP contribution in [0.1, 0.15) is 5.69 Å². The number of carbonyl (C=O) groups excluding carboxylic acids is 1. The molecule has 0 fully saturated rings. The molecule has 7 heteroatoms. The topological polar surface area (TPSA) is 79.7 Å². The van der Waals surface area contributed by atoms with Crippen LogP contribution in [0, 0.1) is 6.92 Å². The van der Waals surface area contributed by atoms with Gasteiger partial charge in [-0.2, -0.15) is 0 Å². The molecule has 17 heavy (non-hydrogen) atoms. The molecule has 1 heterocycles. The predicted octanol–water partition coefficient (Wildman–Crippen LogP) is 1.67. The third-order valence-corrected chi connectivity index (χ3v) is 2.66. The van der Waals surface area contributed by atoms with E-state index in [4.69, 9.17) is 9.84 Å². The molecule has 6 nitrogen and oxygen atoms in total. The van der Waals surface area contributed by atoms with E-state index in [2.05, 4.69) is 11.6 Å². The number of anilines is 1. The highest BCUT2D eigenvalue weighted by Gasteiger charge is 2.22. The van der Waals surface area contributed by atoms with Crippen molar-refractivity contribution in [2.24, 2.45) is 0 Å². The number of rotatable bonds is 5. The molecular formula is C10H12N2O4S. The molecular weight excluding hydrogens is 244 g/mol. The molecule has 0 aliphatic rings. The van der Waals surface area contributed by atoms with Crippen LogP contribution in [0.3, 0.4) is 0 Å². The van der Waals surface area contributed by atoms with Crippen molar-refractivity contribution in [2.75, 3.05) is 18.1 Å². The number of carbonyl (C=O) groups is 2. The number of thiazole rings is 1. The first-order chi connectivity index (χ1) is 8.04. The Morgan fingerprint density at radius 1 is 1.71 bits per heavy atom. The molecule has 0 aliphatic heterocycles. The molecule has 1 N–H and O–H groups in total. The second-order valence-electron chi connectivity index (χ2n) is 3.12. The third-order valence-electron chi connectivity index (χ3n) is 1.68. The number of aryl methyl sites for hydroxylation is 1. The number of carboxylic acid groups (broad SMARTS) is 1. The maximum absolute atomic E-state index is 11.6. The molecule has 1 rings (SSSR count). The van der Waals surface area contributed by atoms with Crippen LogP contribution >= 0.6 is 11.3 Å². The molecule has 0 aliphatic carbocycles. The van der Waals surface area contributed by atoms with Crippen LogP contribution in [0.25, 0.3) is 0 Å². The third kappa shape index (κ3) is 3.87. The fraction of sp³-hybridized carbons (Fsp3) is 0.300. The molecule has 92 valence electrons. The first-order valence-corrected chi connectivity index (χ1v) is 5.61. The minimum Gasteiger partial charge on any atom is -0.480 e. The number of hydrogen-bond acceptors (Lipinski definition) is 5. The quantitative estimate of drug-likeness (QED) is 0.810. The molecule has 0 bridgehead atoms. The Morgan fingerprint density at radius 2 is 2.41 bits per heavy atom. The van der Waals surface area contributed by atoms with Crippen LogP contribution in [0.2, 0.25) is 0 Å². The van der Waals surface area contributed by atoms with Gasteiger partial charge < -0.3 is 9.84 Å². The van der Waals surface area contributed by atoms with Gasteiger partial charge >= 0.3 is 12.1 Å². The van der Waals surface area contributed by atoms with Gasteiger partial charge in [0.25, 0.3) is 0 Å². The molecule has 0 atom stereocenters. The first-order valence-electron chi connectivity index (χ1n) is 4.73. The largest absolute Gasteiger partial charge is 0.480 e. The molecule has 0 saturated carbocycles. The van der Waals surface area contributed by atoms with Crippen molar-refractivity contribution in [1.82, 2.24) is 4.98 Å². The number of aromatic nitrogens is 1. The van der Waals surface area contributed by atoms with Crippen molar-refractivity contribution < 1.29 is 19.4 Å². The number of hydrogen-bond donors (Lipinski definition) is 1. The van der Waals surface area contributed by atoms with E-state index in [-0.39, 0.29) is 6.61 Å². The van der Waals surface area contributed by atoms with Gasteiger partial charge in [0.15, 0.2) is 5.13 Å². The summed E-state index contributed by atoms with van der Waals surface area (Å²) in [6.45, 7) is 4.71. The summed E-state index contributed by atoms with van der Waals surface area (Å²) in [7, 11) is 0. The van der Waals surface area contributed by atoms with Crippen LogP contribution in [0.4, 0.5) is 9.93 Å². The Bertz CT molecular complexity index is 430. The van der Waals surface area contributed by atoms with Crippen molar-refractivity contribution in [1.29, 1.82) is 0 Å². The first kappa shape index (κ1) is 13.2. The minimum absolute atomic E-state index is 0.0271. The lowest BCUT2D eigenvalue weighted by Crippen LogP contribution is -2.36. The van der Waals surface area contributed by atoms with E-state index < -0.39 is 18.6 Å². The fourth-order valence-electron chi connectivity index (χ4n) is 1.02. The van der Waals surface area contributed by atoms with Gasteiger partial charge in [-0.25, -0.2) is 14.7 Å². The summed E-state index contributed by atoms with van der Waals surface area (Å²) < 4.78 is 4.79. The Hall–Kier alpha value is -1.89. The number of nitrogens with zero attached hydrogens (tertiary/aromatic N) is 2. The summed E-state index contributed by atoms with van der Waals surface area (Å²) in [5.74, 6) is -1.13. The maximum atomic E-state index is 11.6. The van der Waals surface area contributed by atoms with Crippen molar-refractivity contribution in [3.8, 4) is 0 Å². The molecule has 0 aromatic carbocycles. The Labute approximate surface area is 102 Å². The van der Waals surface area contributed by atoms with Gasteiger partial charge in [0.05, 0.1) is 5.69 Å². The lowest BCUT2D eigenvalue weighted by Gasteiger charge is -2.16. The average molecular weight is 256 g/mol. The number of aliphatic carboxylic acids is 1.